The molecule has 1 heterocycles. The number of amides is 2. The summed E-state index contributed by atoms with van der Waals surface area (Å²) in [6.07, 6.45) is 1.87. The molecule has 0 aromatic heterocycles. The Morgan fingerprint density at radius 3 is 2.76 bits per heavy atom. The minimum Gasteiger partial charge on any atom is -0.348 e. The van der Waals surface area contributed by atoms with Gasteiger partial charge >= 0.3 is 0 Å². The van der Waals surface area contributed by atoms with Crippen LogP contribution in [0.3, 0.4) is 0 Å². The van der Waals surface area contributed by atoms with Crippen molar-refractivity contribution in [2.75, 3.05) is 18.4 Å². The largest absolute Gasteiger partial charge is 0.348 e. The Hall–Kier alpha value is -1.66. The van der Waals surface area contributed by atoms with Gasteiger partial charge in [-0.05, 0) is 37.6 Å². The maximum absolute atomic E-state index is 13.7. The molecule has 0 spiro atoms. The number of rotatable bonds is 3. The average Bonchev–Trinajstić information content (AvgIpc) is 2.41. The lowest BCUT2D eigenvalue weighted by Gasteiger charge is -2.24. The number of hydrogen-bond acceptors (Lipinski definition) is 3. The zero-order valence-electron chi connectivity index (χ0n) is 11.7. The quantitative estimate of drug-likeness (QED) is 0.795. The van der Waals surface area contributed by atoms with E-state index < -0.39 is 11.7 Å². The maximum Gasteiger partial charge on any atom is 0.254 e. The second-order valence-corrected chi connectivity index (χ2v) is 4.89. The number of carbonyl (C=O) groups is 2. The molecule has 116 valence electrons. The van der Waals surface area contributed by atoms with Crippen molar-refractivity contribution in [1.82, 2.24) is 10.6 Å². The van der Waals surface area contributed by atoms with Crippen LogP contribution in [0.4, 0.5) is 10.1 Å². The summed E-state index contributed by atoms with van der Waals surface area (Å²) in [7, 11) is 0. The molecule has 0 unspecified atom stereocenters. The number of nitrogens with one attached hydrogen (secondary N) is 3. The van der Waals surface area contributed by atoms with E-state index in [2.05, 4.69) is 16.0 Å². The van der Waals surface area contributed by atoms with E-state index in [1.807, 2.05) is 0 Å². The molecule has 1 aromatic rings. The Balaban J connectivity index is 0.00000220. The number of carbonyl (C=O) groups excluding carboxylic acids is 2. The predicted molar refractivity (Wildman–Crippen MR) is 81.3 cm³/mol. The number of anilines is 1. The van der Waals surface area contributed by atoms with Crippen molar-refractivity contribution in [1.29, 1.82) is 0 Å². The van der Waals surface area contributed by atoms with Crippen LogP contribution in [0.2, 0.25) is 0 Å². The summed E-state index contributed by atoms with van der Waals surface area (Å²) in [5.74, 6) is -1.32. The van der Waals surface area contributed by atoms with Crippen LogP contribution >= 0.6 is 12.4 Å². The molecule has 5 nitrogen and oxygen atoms in total. The van der Waals surface area contributed by atoms with Gasteiger partial charge in [-0.1, -0.05) is 0 Å². The van der Waals surface area contributed by atoms with Gasteiger partial charge in [-0.15, -0.1) is 12.4 Å². The molecule has 1 aromatic carbocycles. The Morgan fingerprint density at radius 1 is 1.38 bits per heavy atom. The van der Waals surface area contributed by atoms with Crippen LogP contribution in [-0.4, -0.2) is 30.9 Å². The topological polar surface area (TPSA) is 70.2 Å². The summed E-state index contributed by atoms with van der Waals surface area (Å²) in [6.45, 7) is 2.99. The zero-order valence-corrected chi connectivity index (χ0v) is 12.6. The van der Waals surface area contributed by atoms with E-state index in [9.17, 15) is 14.0 Å². The summed E-state index contributed by atoms with van der Waals surface area (Å²) in [5.41, 5.74) is 0.354. The lowest BCUT2D eigenvalue weighted by molar-refractivity contribution is -0.114. The normalized spacial score (nSPS) is 17.5. The predicted octanol–water partition coefficient (Wildman–Crippen LogP) is 1.69. The summed E-state index contributed by atoms with van der Waals surface area (Å²) in [6, 6.07) is 3.97. The molecule has 0 bridgehead atoms. The molecular weight excluding hydrogens is 297 g/mol. The van der Waals surface area contributed by atoms with Crippen molar-refractivity contribution in [3.05, 3.63) is 29.6 Å². The van der Waals surface area contributed by atoms with Crippen LogP contribution < -0.4 is 16.0 Å². The first-order valence-electron chi connectivity index (χ1n) is 6.65. The number of benzene rings is 1. The molecule has 3 N–H and O–H groups in total. The van der Waals surface area contributed by atoms with E-state index in [0.29, 0.717) is 12.2 Å². The average molecular weight is 316 g/mol. The molecule has 1 aliphatic heterocycles. The molecule has 0 aliphatic carbocycles. The van der Waals surface area contributed by atoms with E-state index in [0.717, 1.165) is 19.4 Å². The maximum atomic E-state index is 13.7. The van der Waals surface area contributed by atoms with Gasteiger partial charge in [-0.25, -0.2) is 4.39 Å². The number of halogens is 2. The third-order valence-corrected chi connectivity index (χ3v) is 3.16. The summed E-state index contributed by atoms with van der Waals surface area (Å²) < 4.78 is 13.7. The lowest BCUT2D eigenvalue weighted by atomic mass is 10.1. The van der Waals surface area contributed by atoms with Gasteiger partial charge in [0.2, 0.25) is 5.91 Å². The number of piperidine rings is 1. The van der Waals surface area contributed by atoms with Crippen LogP contribution in [0.15, 0.2) is 18.2 Å². The van der Waals surface area contributed by atoms with Gasteiger partial charge < -0.3 is 16.0 Å². The fourth-order valence-corrected chi connectivity index (χ4v) is 2.22. The van der Waals surface area contributed by atoms with Crippen LogP contribution in [0.5, 0.6) is 0 Å². The van der Waals surface area contributed by atoms with E-state index in [1.54, 1.807) is 0 Å². The van der Waals surface area contributed by atoms with Gasteiger partial charge in [-0.3, -0.25) is 9.59 Å². The van der Waals surface area contributed by atoms with Crippen molar-refractivity contribution >= 4 is 29.9 Å². The first-order chi connectivity index (χ1) is 9.56. The molecular formula is C14H19ClFN3O2. The van der Waals surface area contributed by atoms with Crippen LogP contribution in [0.1, 0.15) is 30.1 Å². The van der Waals surface area contributed by atoms with Crippen LogP contribution in [0.25, 0.3) is 0 Å². The van der Waals surface area contributed by atoms with Crippen molar-refractivity contribution in [2.45, 2.75) is 25.8 Å². The Morgan fingerprint density at radius 2 is 2.14 bits per heavy atom. The third-order valence-electron chi connectivity index (χ3n) is 3.16. The Bertz CT molecular complexity index is 519. The monoisotopic (exact) mass is 315 g/mol. The molecule has 1 atom stereocenters. The molecule has 1 aliphatic rings. The second kappa shape index (κ2) is 7.95. The molecule has 0 radical (unpaired) electrons. The SMILES string of the molecule is CC(=O)Nc1ccc(F)c(C(=O)N[C@H]2CCCNC2)c1.Cl. The van der Waals surface area contributed by atoms with Gasteiger partial charge in [0.05, 0.1) is 5.56 Å². The highest BCUT2D eigenvalue weighted by Gasteiger charge is 2.19. The molecule has 21 heavy (non-hydrogen) atoms. The van der Waals surface area contributed by atoms with E-state index >= 15 is 0 Å². The minimum atomic E-state index is -0.597. The van der Waals surface area contributed by atoms with Crippen molar-refractivity contribution in [3.8, 4) is 0 Å². The summed E-state index contributed by atoms with van der Waals surface area (Å²) in [5, 5.41) is 8.51. The highest BCUT2D eigenvalue weighted by Crippen LogP contribution is 2.15. The third kappa shape index (κ3) is 4.99. The summed E-state index contributed by atoms with van der Waals surface area (Å²) >= 11 is 0. The molecule has 7 heteroatoms. The summed E-state index contributed by atoms with van der Waals surface area (Å²) in [4.78, 5) is 23.1. The Kier molecular flexibility index (Phi) is 6.58. The molecule has 0 saturated carbocycles. The fraction of sp³-hybridized carbons (Fsp3) is 0.429. The zero-order chi connectivity index (χ0) is 14.5. The molecule has 2 amide bonds. The van der Waals surface area contributed by atoms with Gasteiger partial charge in [0, 0.05) is 25.2 Å². The second-order valence-electron chi connectivity index (χ2n) is 4.89. The lowest BCUT2D eigenvalue weighted by Crippen LogP contribution is -2.45. The molecule has 1 saturated heterocycles. The first kappa shape index (κ1) is 17.4. The van der Waals surface area contributed by atoms with Gasteiger partial charge in [0.25, 0.3) is 5.91 Å². The van der Waals surface area contributed by atoms with Crippen LogP contribution in [0, 0.1) is 5.82 Å². The van der Waals surface area contributed by atoms with E-state index in [1.165, 1.54) is 25.1 Å². The molecule has 2 rings (SSSR count). The highest BCUT2D eigenvalue weighted by atomic mass is 35.5. The fourth-order valence-electron chi connectivity index (χ4n) is 2.22. The first-order valence-corrected chi connectivity index (χ1v) is 6.65. The van der Waals surface area contributed by atoms with Gasteiger partial charge in [-0.2, -0.15) is 0 Å². The number of hydrogen-bond donors (Lipinski definition) is 3. The standard InChI is InChI=1S/C14H18FN3O2.ClH/c1-9(19)17-10-4-5-13(15)12(7-10)14(20)18-11-3-2-6-16-8-11;/h4-5,7,11,16H,2-3,6,8H2,1H3,(H,17,19)(H,18,20);1H/t11-;/m0./s1. The van der Waals surface area contributed by atoms with Gasteiger partial charge in [0.1, 0.15) is 5.82 Å². The Labute approximate surface area is 129 Å². The highest BCUT2D eigenvalue weighted by molar-refractivity contribution is 5.97. The minimum absolute atomic E-state index is 0. The van der Waals surface area contributed by atoms with Crippen molar-refractivity contribution in [3.63, 3.8) is 0 Å². The van der Waals surface area contributed by atoms with Gasteiger partial charge in [0.15, 0.2) is 0 Å². The van der Waals surface area contributed by atoms with Crippen molar-refractivity contribution in [2.24, 2.45) is 0 Å². The molecule has 1 fully saturated rings. The van der Waals surface area contributed by atoms with E-state index in [4.69, 9.17) is 0 Å². The van der Waals surface area contributed by atoms with Crippen LogP contribution in [-0.2, 0) is 4.79 Å². The van der Waals surface area contributed by atoms with Crippen molar-refractivity contribution < 1.29 is 14.0 Å². The van der Waals surface area contributed by atoms with E-state index in [-0.39, 0.29) is 29.9 Å². The smallest absolute Gasteiger partial charge is 0.254 e.